The van der Waals surface area contributed by atoms with Gasteiger partial charge in [-0.2, -0.15) is 0 Å². The molecule has 0 heterocycles. The second kappa shape index (κ2) is 13.8. The van der Waals surface area contributed by atoms with Crippen LogP contribution in [-0.2, 0) is 0 Å². The minimum atomic E-state index is 1.01. The molecule has 0 bridgehead atoms. The molecular weight excluding hydrogens is 384 g/mol. The van der Waals surface area contributed by atoms with Crippen LogP contribution in [0.5, 0.6) is 0 Å². The van der Waals surface area contributed by atoms with Crippen LogP contribution in [0.2, 0.25) is 0 Å². The van der Waals surface area contributed by atoms with Gasteiger partial charge in [-0.1, -0.05) is 118 Å². The highest BCUT2D eigenvalue weighted by Gasteiger charge is 2.47. The van der Waals surface area contributed by atoms with Gasteiger partial charge in [-0.05, 0) is 85.4 Å². The Morgan fingerprint density at radius 3 is 1.94 bits per heavy atom. The Hall–Kier alpha value is 0. The lowest BCUT2D eigenvalue weighted by Crippen LogP contribution is -2.42. The molecule has 5 unspecified atom stereocenters. The van der Waals surface area contributed by atoms with Crippen molar-refractivity contribution in [2.24, 2.45) is 53.3 Å². The summed E-state index contributed by atoms with van der Waals surface area (Å²) in [6.07, 6.45) is 27.2. The highest BCUT2D eigenvalue weighted by Crippen LogP contribution is 2.56. The topological polar surface area (TPSA) is 0 Å². The van der Waals surface area contributed by atoms with Gasteiger partial charge in [0.15, 0.2) is 0 Å². The van der Waals surface area contributed by atoms with E-state index in [1.807, 2.05) is 0 Å². The quantitative estimate of drug-likeness (QED) is 0.366. The molecule has 0 heteroatoms. The van der Waals surface area contributed by atoms with Crippen molar-refractivity contribution in [3.05, 3.63) is 0 Å². The average Bonchev–Trinajstić information content (AvgIpc) is 3.27. The summed E-state index contributed by atoms with van der Waals surface area (Å²) in [4.78, 5) is 0. The summed E-state index contributed by atoms with van der Waals surface area (Å²) in [5.74, 6) is 9.70. The van der Waals surface area contributed by atoms with Crippen LogP contribution in [0.1, 0.15) is 150 Å². The maximum atomic E-state index is 2.61. The Balaban J connectivity index is 0.000000243. The van der Waals surface area contributed by atoms with Gasteiger partial charge in [-0.15, -0.1) is 0 Å². The predicted octanol–water partition coefficient (Wildman–Crippen LogP) is 10.7. The molecule has 4 rings (SSSR count). The first-order valence-electron chi connectivity index (χ1n) is 15.6. The number of fused-ring (bicyclic) bond motifs is 1. The first-order chi connectivity index (χ1) is 15.6. The van der Waals surface area contributed by atoms with Gasteiger partial charge in [0, 0.05) is 0 Å². The van der Waals surface area contributed by atoms with Crippen molar-refractivity contribution in [2.75, 3.05) is 0 Å². The van der Waals surface area contributed by atoms with Crippen LogP contribution in [0.4, 0.5) is 0 Å². The molecule has 0 aliphatic heterocycles. The summed E-state index contributed by atoms with van der Waals surface area (Å²) in [7, 11) is 0. The van der Waals surface area contributed by atoms with E-state index in [4.69, 9.17) is 0 Å². The van der Waals surface area contributed by atoms with Gasteiger partial charge in [0.1, 0.15) is 0 Å². The molecule has 0 N–H and O–H groups in total. The second-order valence-corrected chi connectivity index (χ2v) is 13.1. The molecule has 0 radical (unpaired) electrons. The van der Waals surface area contributed by atoms with Crippen molar-refractivity contribution in [1.82, 2.24) is 0 Å². The molecule has 4 saturated carbocycles. The van der Waals surface area contributed by atoms with E-state index >= 15 is 0 Å². The lowest BCUT2D eigenvalue weighted by molar-refractivity contribution is -0.00258. The Bertz CT molecular complexity index is 478. The Kier molecular flexibility index (Phi) is 11.5. The van der Waals surface area contributed by atoms with E-state index < -0.39 is 0 Å². The molecule has 0 aromatic rings. The molecule has 0 saturated heterocycles. The van der Waals surface area contributed by atoms with Crippen LogP contribution in [0.25, 0.3) is 0 Å². The summed E-state index contributed by atoms with van der Waals surface area (Å²) < 4.78 is 0. The fourth-order valence-corrected chi connectivity index (χ4v) is 8.84. The molecule has 0 aromatic heterocycles. The van der Waals surface area contributed by atoms with E-state index in [0.717, 1.165) is 53.3 Å². The largest absolute Gasteiger partial charge is 0.0654 e. The molecule has 4 aliphatic carbocycles. The van der Waals surface area contributed by atoms with Gasteiger partial charge < -0.3 is 0 Å². The molecule has 32 heavy (non-hydrogen) atoms. The number of hydrogen-bond acceptors (Lipinski definition) is 0. The normalized spacial score (nSPS) is 42.1. The summed E-state index contributed by atoms with van der Waals surface area (Å²) >= 11 is 0. The molecule has 4 aliphatic rings. The van der Waals surface area contributed by atoms with E-state index in [2.05, 4.69) is 34.6 Å². The van der Waals surface area contributed by atoms with Gasteiger partial charge in [-0.25, -0.2) is 0 Å². The summed E-state index contributed by atoms with van der Waals surface area (Å²) in [6.45, 7) is 12.1. The standard InChI is InChI=1S/C22H40.C10H20/c1-4-6-9-20-16(3)15-19-8-7-10-21(19)22(20)18-13-11-17(5-2)12-14-18;1-3-4-10-7-5-9(2)6-8-10/h16-22H,4-15H2,1-3H3;9-10H,3-8H2,1-2H3. The third-order valence-electron chi connectivity index (χ3n) is 10.8. The Labute approximate surface area is 203 Å². The third kappa shape index (κ3) is 7.25. The lowest BCUT2D eigenvalue weighted by Gasteiger charge is -2.49. The van der Waals surface area contributed by atoms with Crippen molar-refractivity contribution >= 4 is 0 Å². The lowest BCUT2D eigenvalue weighted by atomic mass is 9.56. The van der Waals surface area contributed by atoms with Gasteiger partial charge in [0.2, 0.25) is 0 Å². The average molecular weight is 445 g/mol. The minimum absolute atomic E-state index is 1.01. The summed E-state index contributed by atoms with van der Waals surface area (Å²) in [6, 6.07) is 0. The predicted molar refractivity (Wildman–Crippen MR) is 143 cm³/mol. The fourth-order valence-electron chi connectivity index (χ4n) is 8.84. The molecular formula is C32H60. The minimum Gasteiger partial charge on any atom is -0.0654 e. The van der Waals surface area contributed by atoms with Crippen LogP contribution in [0.3, 0.4) is 0 Å². The van der Waals surface area contributed by atoms with Crippen molar-refractivity contribution in [3.8, 4) is 0 Å². The van der Waals surface area contributed by atoms with Crippen molar-refractivity contribution in [1.29, 1.82) is 0 Å². The fraction of sp³-hybridized carbons (Fsp3) is 1.00. The Morgan fingerprint density at radius 2 is 1.31 bits per heavy atom. The molecule has 0 aromatic carbocycles. The molecule has 0 nitrogen and oxygen atoms in total. The van der Waals surface area contributed by atoms with Crippen LogP contribution < -0.4 is 0 Å². The maximum Gasteiger partial charge on any atom is -0.0324 e. The number of rotatable bonds is 7. The second-order valence-electron chi connectivity index (χ2n) is 13.1. The van der Waals surface area contributed by atoms with Gasteiger partial charge in [0.05, 0.1) is 0 Å². The van der Waals surface area contributed by atoms with Crippen molar-refractivity contribution in [3.63, 3.8) is 0 Å². The van der Waals surface area contributed by atoms with Crippen LogP contribution in [0, 0.1) is 53.3 Å². The summed E-state index contributed by atoms with van der Waals surface area (Å²) in [5.41, 5.74) is 0. The zero-order valence-corrected chi connectivity index (χ0v) is 22.9. The van der Waals surface area contributed by atoms with E-state index in [1.54, 1.807) is 57.8 Å². The van der Waals surface area contributed by atoms with Crippen LogP contribution in [0.15, 0.2) is 0 Å². The highest BCUT2D eigenvalue weighted by molar-refractivity contribution is 4.97. The summed E-state index contributed by atoms with van der Waals surface area (Å²) in [5, 5.41) is 0. The first-order valence-corrected chi connectivity index (χ1v) is 15.6. The van der Waals surface area contributed by atoms with Crippen molar-refractivity contribution in [2.45, 2.75) is 150 Å². The molecule has 5 atom stereocenters. The monoisotopic (exact) mass is 444 g/mol. The van der Waals surface area contributed by atoms with Crippen LogP contribution in [-0.4, -0.2) is 0 Å². The van der Waals surface area contributed by atoms with Gasteiger partial charge >= 0.3 is 0 Å². The zero-order valence-electron chi connectivity index (χ0n) is 22.9. The number of hydrogen-bond donors (Lipinski definition) is 0. The third-order valence-corrected chi connectivity index (χ3v) is 10.8. The van der Waals surface area contributed by atoms with E-state index in [0.29, 0.717) is 0 Å². The Morgan fingerprint density at radius 1 is 0.625 bits per heavy atom. The molecule has 188 valence electrons. The SMILES string of the molecule is CCCC1CCC(C)CC1.CCCCC1C(C)CC2CCCC2C1C1CCC(CC)CC1. The van der Waals surface area contributed by atoms with Gasteiger partial charge in [0.25, 0.3) is 0 Å². The zero-order chi connectivity index (χ0) is 22.9. The highest BCUT2D eigenvalue weighted by atomic mass is 14.5. The molecule has 0 amide bonds. The maximum absolute atomic E-state index is 2.61. The van der Waals surface area contributed by atoms with Crippen molar-refractivity contribution < 1.29 is 0 Å². The van der Waals surface area contributed by atoms with E-state index in [1.165, 1.54) is 57.8 Å². The molecule has 4 fully saturated rings. The smallest absolute Gasteiger partial charge is 0.0324 e. The molecule has 0 spiro atoms. The number of unbranched alkanes of at least 4 members (excludes halogenated alkanes) is 1. The van der Waals surface area contributed by atoms with E-state index in [-0.39, 0.29) is 0 Å². The first kappa shape index (κ1) is 26.6. The van der Waals surface area contributed by atoms with Gasteiger partial charge in [-0.3, -0.25) is 0 Å². The van der Waals surface area contributed by atoms with E-state index in [9.17, 15) is 0 Å². The van der Waals surface area contributed by atoms with Crippen LogP contribution >= 0.6 is 0 Å².